The predicted octanol–water partition coefficient (Wildman–Crippen LogP) is 9.79. The summed E-state index contributed by atoms with van der Waals surface area (Å²) in [6, 6.07) is 6.61. The fourth-order valence-corrected chi connectivity index (χ4v) is 11.5. The minimum atomic E-state index is -5.11. The van der Waals surface area contributed by atoms with Crippen LogP contribution in [0.5, 0.6) is 5.75 Å². The molecule has 1 aromatic carbocycles. The second-order valence-corrected chi connectivity index (χ2v) is 19.1. The fourth-order valence-electron chi connectivity index (χ4n) is 11.5. The van der Waals surface area contributed by atoms with E-state index in [1.807, 2.05) is 13.8 Å². The molecule has 0 saturated heterocycles. The molecule has 0 aromatic heterocycles. The van der Waals surface area contributed by atoms with Crippen LogP contribution in [-0.2, 0) is 25.5 Å². The molecule has 9 atom stereocenters. The Morgan fingerprint density at radius 3 is 2.33 bits per heavy atom. The van der Waals surface area contributed by atoms with E-state index in [2.05, 4.69) is 50.7 Å². The monoisotopic (exact) mass is 803 g/mol. The summed E-state index contributed by atoms with van der Waals surface area (Å²) in [5.74, 6) is 1.48. The molecule has 0 radical (unpaired) electrons. The number of rotatable bonds is 18. The van der Waals surface area contributed by atoms with Gasteiger partial charge in [0.1, 0.15) is 18.5 Å². The molecule has 4 aliphatic carbocycles. The second-order valence-electron chi connectivity index (χ2n) is 19.1. The topological polar surface area (TPSA) is 105 Å². The van der Waals surface area contributed by atoms with E-state index in [1.165, 1.54) is 50.5 Å². The Hall–Kier alpha value is -3.08. The normalized spacial score (nSPS) is 29.5. The molecule has 0 spiro atoms. The third-order valence-corrected chi connectivity index (χ3v) is 14.6. The largest absolute Gasteiger partial charge is 0.490 e. The van der Waals surface area contributed by atoms with Gasteiger partial charge in [-0.05, 0) is 115 Å². The van der Waals surface area contributed by atoms with Gasteiger partial charge in [0.25, 0.3) is 0 Å². The maximum absolute atomic E-state index is 14.0. The summed E-state index contributed by atoms with van der Waals surface area (Å²) >= 11 is 0. The highest BCUT2D eigenvalue weighted by molar-refractivity contribution is 5.80. The van der Waals surface area contributed by atoms with Crippen molar-refractivity contribution in [1.29, 1.82) is 0 Å². The molecule has 5 unspecified atom stereocenters. The zero-order valence-corrected chi connectivity index (χ0v) is 35.5. The summed E-state index contributed by atoms with van der Waals surface area (Å²) < 4.78 is 48.9. The van der Waals surface area contributed by atoms with Crippen LogP contribution in [0.2, 0.25) is 0 Å². The van der Waals surface area contributed by atoms with E-state index in [-0.39, 0.29) is 55.9 Å². The zero-order chi connectivity index (χ0) is 41.7. The van der Waals surface area contributed by atoms with Crippen molar-refractivity contribution in [3.63, 3.8) is 0 Å². The van der Waals surface area contributed by atoms with E-state index in [9.17, 15) is 32.7 Å². The van der Waals surface area contributed by atoms with Crippen molar-refractivity contribution in [1.82, 2.24) is 10.2 Å². The summed E-state index contributed by atoms with van der Waals surface area (Å²) in [4.78, 5) is 39.0. The van der Waals surface area contributed by atoms with Crippen LogP contribution in [0.25, 0.3) is 0 Å². The first kappa shape index (κ1) is 45.0. The van der Waals surface area contributed by atoms with Crippen LogP contribution >= 0.6 is 0 Å². The first-order valence-corrected chi connectivity index (χ1v) is 21.8. The minimum absolute atomic E-state index is 0.0186. The number of hydrogen-bond acceptors (Lipinski definition) is 6. The summed E-state index contributed by atoms with van der Waals surface area (Å²) in [6.07, 6.45) is 9.19. The molecular weight excluding hydrogens is 734 g/mol. The van der Waals surface area contributed by atoms with Crippen molar-refractivity contribution in [3.05, 3.63) is 41.5 Å². The number of nitrogens with zero attached hydrogens (tertiary/aromatic N) is 1. The number of carboxylic acid groups (broad SMARTS) is 1. The van der Waals surface area contributed by atoms with Crippen LogP contribution in [0.4, 0.5) is 13.2 Å². The third kappa shape index (κ3) is 11.0. The number of benzene rings is 1. The average molecular weight is 803 g/mol. The summed E-state index contributed by atoms with van der Waals surface area (Å²) in [7, 11) is 0. The smallest absolute Gasteiger partial charge is 0.490 e. The molecule has 3 saturated carbocycles. The molecule has 0 bridgehead atoms. The van der Waals surface area contributed by atoms with Crippen molar-refractivity contribution in [2.24, 2.45) is 46.3 Å². The second kappa shape index (κ2) is 18.9. The van der Waals surface area contributed by atoms with Crippen molar-refractivity contribution < 1.29 is 42.1 Å². The van der Waals surface area contributed by atoms with Crippen LogP contribution in [0.1, 0.15) is 131 Å². The Morgan fingerprint density at radius 2 is 1.68 bits per heavy atom. The number of amides is 1. The molecule has 0 heterocycles. The molecule has 8 nitrogen and oxygen atoms in total. The van der Waals surface area contributed by atoms with Crippen LogP contribution in [0.3, 0.4) is 0 Å². The van der Waals surface area contributed by atoms with E-state index >= 15 is 0 Å². The zero-order valence-electron chi connectivity index (χ0n) is 35.5. The molecule has 3 fully saturated rings. The molecule has 320 valence electrons. The lowest BCUT2D eigenvalue weighted by molar-refractivity contribution is -0.205. The highest BCUT2D eigenvalue weighted by atomic mass is 19.4. The minimum Gasteiger partial charge on any atom is -0.490 e. The van der Waals surface area contributed by atoms with Crippen LogP contribution < -0.4 is 10.1 Å². The molecular formula is C46H69F3N2O6. The van der Waals surface area contributed by atoms with Crippen LogP contribution in [0, 0.1) is 46.3 Å². The van der Waals surface area contributed by atoms with Gasteiger partial charge in [-0.15, -0.1) is 0 Å². The van der Waals surface area contributed by atoms with E-state index in [0.717, 1.165) is 49.4 Å². The van der Waals surface area contributed by atoms with E-state index in [1.54, 1.807) is 29.2 Å². The number of aliphatic carboxylic acids is 1. The fraction of sp³-hybridized carbons (Fsp3) is 0.761. The van der Waals surface area contributed by atoms with E-state index < -0.39 is 24.2 Å². The van der Waals surface area contributed by atoms with E-state index in [4.69, 9.17) is 4.74 Å². The number of allylic oxidation sites excluding steroid dienone is 1. The van der Waals surface area contributed by atoms with Gasteiger partial charge in [0, 0.05) is 25.2 Å². The summed E-state index contributed by atoms with van der Waals surface area (Å²) in [5, 5.41) is 12.6. The van der Waals surface area contributed by atoms with Crippen molar-refractivity contribution in [3.8, 4) is 5.75 Å². The number of esters is 1. The van der Waals surface area contributed by atoms with Gasteiger partial charge in [0.05, 0.1) is 12.8 Å². The Labute approximate surface area is 339 Å². The van der Waals surface area contributed by atoms with Crippen LogP contribution in [0.15, 0.2) is 35.9 Å². The summed E-state index contributed by atoms with van der Waals surface area (Å²) in [5.41, 5.74) is 2.69. The number of carbonyl (C=O) groups excluding carboxylic acids is 2. The van der Waals surface area contributed by atoms with Crippen molar-refractivity contribution in [2.45, 2.75) is 156 Å². The lowest BCUT2D eigenvalue weighted by Gasteiger charge is -2.59. The van der Waals surface area contributed by atoms with Gasteiger partial charge in [0.15, 0.2) is 0 Å². The number of fused-ring (bicyclic) bond motifs is 5. The van der Waals surface area contributed by atoms with E-state index in [0.29, 0.717) is 28.6 Å². The molecule has 57 heavy (non-hydrogen) atoms. The maximum Gasteiger partial charge on any atom is 0.490 e. The Kier molecular flexibility index (Phi) is 14.9. The highest BCUT2D eigenvalue weighted by Gasteiger charge is 2.59. The lowest BCUT2D eigenvalue weighted by atomic mass is 9.46. The highest BCUT2D eigenvalue weighted by Crippen LogP contribution is 2.67. The van der Waals surface area contributed by atoms with Gasteiger partial charge in [-0.1, -0.05) is 91.5 Å². The number of halogens is 3. The third-order valence-electron chi connectivity index (χ3n) is 14.6. The number of alkyl halides is 3. The van der Waals surface area contributed by atoms with Crippen molar-refractivity contribution in [2.75, 3.05) is 19.7 Å². The maximum atomic E-state index is 14.0. The molecule has 5 rings (SSSR count). The molecule has 1 amide bonds. The number of carbonyl (C=O) groups is 3. The SMILES string of the molecule is CC(C)CCC[C@@H](C)[C@H]1CCC2C3CC=C4CC(N(CCC(=O)O)C(=O)Cc5ccc(OCC(CNC(C)C)OC(=O)C(F)(F)F)cc5)CC[C@]4(C)C3CC[C@@]21C. The number of nitrogens with one attached hydrogen (secondary N) is 1. The predicted molar refractivity (Wildman–Crippen MR) is 216 cm³/mol. The molecule has 4 aliphatic rings. The lowest BCUT2D eigenvalue weighted by Crippen LogP contribution is -2.53. The van der Waals surface area contributed by atoms with Gasteiger partial charge in [-0.25, -0.2) is 4.79 Å². The standard InChI is InChI=1S/C46H69F3N2O6/c1-29(2)9-8-10-31(5)38-17-18-39-37-16-13-33-26-34(19-22-44(33,6)40(37)20-23-45(38,39)7)51(24-21-42(53)54)41(52)25-32-11-14-35(15-12-32)56-28-36(27-50-30(3)4)57-43(55)46(47,48)49/h11-15,29-31,34,36-40,50H,8-10,16-28H2,1-7H3,(H,53,54)/t31-,34?,36?,37?,38-,39?,40?,44+,45-/m1/s1. The number of ether oxygens (including phenoxy) is 2. The van der Waals surface area contributed by atoms with Crippen LogP contribution in [-0.4, -0.2) is 71.9 Å². The quantitative estimate of drug-likeness (QED) is 0.113. The molecule has 11 heteroatoms. The Morgan fingerprint density at radius 1 is 0.965 bits per heavy atom. The van der Waals surface area contributed by atoms with Gasteiger partial charge in [0.2, 0.25) is 5.91 Å². The van der Waals surface area contributed by atoms with Gasteiger partial charge in [-0.2, -0.15) is 13.2 Å². The molecule has 0 aliphatic heterocycles. The van der Waals surface area contributed by atoms with Gasteiger partial charge < -0.3 is 24.8 Å². The average Bonchev–Trinajstić information content (AvgIpc) is 3.50. The Bertz CT molecular complexity index is 1560. The Balaban J connectivity index is 1.22. The number of hydrogen-bond donors (Lipinski definition) is 2. The summed E-state index contributed by atoms with van der Waals surface area (Å²) in [6.45, 7) is 15.8. The van der Waals surface area contributed by atoms with Crippen molar-refractivity contribution >= 4 is 17.8 Å². The number of carboxylic acids is 1. The van der Waals surface area contributed by atoms with Gasteiger partial charge in [-0.3, -0.25) is 9.59 Å². The van der Waals surface area contributed by atoms with Gasteiger partial charge >= 0.3 is 18.1 Å². The molecule has 2 N–H and O–H groups in total. The molecule has 1 aromatic rings. The first-order valence-electron chi connectivity index (χ1n) is 21.8. The first-order chi connectivity index (χ1) is 26.8.